The summed E-state index contributed by atoms with van der Waals surface area (Å²) in [5, 5.41) is 5.80. The minimum atomic E-state index is 0.104. The molecule has 0 unspecified atom stereocenters. The van der Waals surface area contributed by atoms with Crippen molar-refractivity contribution in [3.63, 3.8) is 0 Å². The second-order valence-corrected chi connectivity index (χ2v) is 4.83. The third-order valence-electron chi connectivity index (χ3n) is 1.64. The Kier molecular flexibility index (Phi) is 4.97. The lowest BCUT2D eigenvalue weighted by molar-refractivity contribution is -0.120. The molecule has 3 nitrogen and oxygen atoms in total. The Balaban J connectivity index is 2.23. The number of carbonyl (C=O) groups is 1. The molecule has 1 aromatic rings. The summed E-state index contributed by atoms with van der Waals surface area (Å²) in [5.74, 6) is 0.982. The van der Waals surface area contributed by atoms with E-state index in [-0.39, 0.29) is 5.91 Å². The van der Waals surface area contributed by atoms with E-state index in [1.807, 2.05) is 18.6 Å². The van der Waals surface area contributed by atoms with Crippen LogP contribution in [0.3, 0.4) is 0 Å². The first-order chi connectivity index (χ1) is 6.72. The van der Waals surface area contributed by atoms with Crippen LogP contribution in [0.25, 0.3) is 0 Å². The van der Waals surface area contributed by atoms with Crippen LogP contribution in [0, 0.1) is 6.92 Å². The molecule has 0 saturated heterocycles. The van der Waals surface area contributed by atoms with Crippen LogP contribution in [0.15, 0.2) is 5.38 Å². The van der Waals surface area contributed by atoms with Crippen molar-refractivity contribution in [3.05, 3.63) is 16.1 Å². The average Bonchev–Trinajstić information content (AvgIpc) is 2.58. The number of carbonyl (C=O) groups excluding carboxylic acids is 1. The van der Waals surface area contributed by atoms with Gasteiger partial charge in [0.2, 0.25) is 5.91 Å². The van der Waals surface area contributed by atoms with Crippen molar-refractivity contribution < 1.29 is 4.79 Å². The van der Waals surface area contributed by atoms with Crippen LogP contribution in [0.1, 0.15) is 17.1 Å². The summed E-state index contributed by atoms with van der Waals surface area (Å²) < 4.78 is 0. The Labute approximate surface area is 92.3 Å². The third kappa shape index (κ3) is 4.11. The van der Waals surface area contributed by atoms with Crippen LogP contribution >= 0.6 is 23.1 Å². The number of thioether (sulfide) groups is 1. The highest BCUT2D eigenvalue weighted by atomic mass is 32.2. The van der Waals surface area contributed by atoms with Crippen molar-refractivity contribution in [1.29, 1.82) is 0 Å². The van der Waals surface area contributed by atoms with Gasteiger partial charge in [0.1, 0.15) is 5.01 Å². The number of nitrogens with zero attached hydrogens (tertiary/aromatic N) is 1. The zero-order valence-corrected chi connectivity index (χ0v) is 10.0. The minimum Gasteiger partial charge on any atom is -0.350 e. The highest BCUT2D eigenvalue weighted by Gasteiger charge is 2.02. The van der Waals surface area contributed by atoms with E-state index < -0.39 is 0 Å². The second-order valence-electron chi connectivity index (χ2n) is 2.90. The topological polar surface area (TPSA) is 42.0 Å². The number of hydrogen-bond acceptors (Lipinski definition) is 4. The molecule has 1 aromatic heterocycles. The predicted molar refractivity (Wildman–Crippen MR) is 61.7 cm³/mol. The zero-order chi connectivity index (χ0) is 10.4. The number of rotatable bonds is 5. The number of aryl methyl sites for hydroxylation is 1. The van der Waals surface area contributed by atoms with Crippen molar-refractivity contribution in [3.8, 4) is 0 Å². The van der Waals surface area contributed by atoms with E-state index in [1.165, 1.54) is 0 Å². The van der Waals surface area contributed by atoms with E-state index in [9.17, 15) is 4.79 Å². The summed E-state index contributed by atoms with van der Waals surface area (Å²) in [6.45, 7) is 2.52. The van der Waals surface area contributed by atoms with E-state index in [4.69, 9.17) is 0 Å². The van der Waals surface area contributed by atoms with Gasteiger partial charge < -0.3 is 5.32 Å². The monoisotopic (exact) mass is 230 g/mol. The fraction of sp³-hybridized carbons (Fsp3) is 0.556. The molecule has 78 valence electrons. The summed E-state index contributed by atoms with van der Waals surface area (Å²) >= 11 is 3.27. The molecular weight excluding hydrogens is 216 g/mol. The Bertz CT molecular complexity index is 299. The summed E-state index contributed by atoms with van der Waals surface area (Å²) in [4.78, 5) is 15.5. The summed E-state index contributed by atoms with van der Waals surface area (Å²) in [6, 6.07) is 0. The number of amides is 1. The molecular formula is C9H14N2OS2. The normalized spacial score (nSPS) is 10.1. The molecule has 1 N–H and O–H groups in total. The molecule has 0 atom stereocenters. The van der Waals surface area contributed by atoms with Crippen LogP contribution in [0.2, 0.25) is 0 Å². The second kappa shape index (κ2) is 6.03. The van der Waals surface area contributed by atoms with Crippen LogP contribution in [0.4, 0.5) is 0 Å². The van der Waals surface area contributed by atoms with Gasteiger partial charge in [-0.25, -0.2) is 4.98 Å². The molecule has 0 bridgehead atoms. The summed E-state index contributed by atoms with van der Waals surface area (Å²) in [6.07, 6.45) is 2.59. The highest BCUT2D eigenvalue weighted by molar-refractivity contribution is 7.98. The van der Waals surface area contributed by atoms with Gasteiger partial charge in [0.15, 0.2) is 0 Å². The molecule has 1 heterocycles. The zero-order valence-electron chi connectivity index (χ0n) is 8.37. The van der Waals surface area contributed by atoms with E-state index in [0.29, 0.717) is 13.0 Å². The van der Waals surface area contributed by atoms with Gasteiger partial charge >= 0.3 is 0 Å². The third-order valence-corrected chi connectivity index (χ3v) is 3.22. The van der Waals surface area contributed by atoms with E-state index in [2.05, 4.69) is 10.3 Å². The minimum absolute atomic E-state index is 0.104. The van der Waals surface area contributed by atoms with E-state index >= 15 is 0 Å². The standard InChI is InChI=1S/C9H14N2OS2/c1-7-6-14-9(11-7)5-10-8(12)3-4-13-2/h6H,3-5H2,1-2H3,(H,10,12). The SMILES string of the molecule is CSCCC(=O)NCc1nc(C)cs1. The van der Waals surface area contributed by atoms with Crippen LogP contribution in [-0.2, 0) is 11.3 Å². The number of hydrogen-bond donors (Lipinski definition) is 1. The molecule has 0 spiro atoms. The molecule has 5 heteroatoms. The van der Waals surface area contributed by atoms with Gasteiger partial charge in [-0.3, -0.25) is 4.79 Å². The van der Waals surface area contributed by atoms with Crippen molar-refractivity contribution in [1.82, 2.24) is 10.3 Å². The van der Waals surface area contributed by atoms with Gasteiger partial charge in [-0.2, -0.15) is 11.8 Å². The van der Waals surface area contributed by atoms with Gasteiger partial charge in [-0.15, -0.1) is 11.3 Å². The largest absolute Gasteiger partial charge is 0.350 e. The van der Waals surface area contributed by atoms with Gasteiger partial charge in [0.05, 0.1) is 6.54 Å². The van der Waals surface area contributed by atoms with Gasteiger partial charge in [0, 0.05) is 23.2 Å². The molecule has 0 aliphatic heterocycles. The molecule has 0 aliphatic carbocycles. The lowest BCUT2D eigenvalue weighted by Gasteiger charge is -2.01. The molecule has 1 amide bonds. The molecule has 0 aliphatic rings. The lowest BCUT2D eigenvalue weighted by Crippen LogP contribution is -2.22. The average molecular weight is 230 g/mol. The Morgan fingerprint density at radius 1 is 1.71 bits per heavy atom. The molecule has 0 fully saturated rings. The summed E-state index contributed by atoms with van der Waals surface area (Å²) in [7, 11) is 0. The van der Waals surface area contributed by atoms with Crippen LogP contribution < -0.4 is 5.32 Å². The molecule has 0 aromatic carbocycles. The molecule has 1 rings (SSSR count). The number of nitrogens with one attached hydrogen (secondary N) is 1. The fourth-order valence-corrected chi connectivity index (χ4v) is 2.04. The van der Waals surface area contributed by atoms with Gasteiger partial charge in [0.25, 0.3) is 0 Å². The Morgan fingerprint density at radius 2 is 2.50 bits per heavy atom. The molecule has 0 radical (unpaired) electrons. The number of thiazole rings is 1. The smallest absolute Gasteiger partial charge is 0.221 e. The lowest BCUT2D eigenvalue weighted by atomic mass is 10.4. The number of aromatic nitrogens is 1. The van der Waals surface area contributed by atoms with Gasteiger partial charge in [-0.1, -0.05) is 0 Å². The Hall–Kier alpha value is -0.550. The van der Waals surface area contributed by atoms with Crippen molar-refractivity contribution in [2.45, 2.75) is 19.9 Å². The van der Waals surface area contributed by atoms with E-state index in [1.54, 1.807) is 23.1 Å². The van der Waals surface area contributed by atoms with Gasteiger partial charge in [-0.05, 0) is 13.2 Å². The highest BCUT2D eigenvalue weighted by Crippen LogP contribution is 2.07. The van der Waals surface area contributed by atoms with Crippen molar-refractivity contribution in [2.24, 2.45) is 0 Å². The first-order valence-electron chi connectivity index (χ1n) is 4.39. The molecule has 0 saturated carbocycles. The maximum absolute atomic E-state index is 11.2. The van der Waals surface area contributed by atoms with Crippen LogP contribution in [-0.4, -0.2) is 22.9 Å². The maximum atomic E-state index is 11.2. The van der Waals surface area contributed by atoms with Crippen molar-refractivity contribution in [2.75, 3.05) is 12.0 Å². The maximum Gasteiger partial charge on any atom is 0.221 e. The first kappa shape index (κ1) is 11.5. The first-order valence-corrected chi connectivity index (χ1v) is 6.66. The fourth-order valence-electron chi connectivity index (χ4n) is 0.941. The predicted octanol–water partition coefficient (Wildman–Crippen LogP) is 1.82. The molecule has 14 heavy (non-hydrogen) atoms. The Morgan fingerprint density at radius 3 is 3.07 bits per heavy atom. The van der Waals surface area contributed by atoms with Crippen LogP contribution in [0.5, 0.6) is 0 Å². The summed E-state index contributed by atoms with van der Waals surface area (Å²) in [5.41, 5.74) is 1.02. The van der Waals surface area contributed by atoms with Crippen molar-refractivity contribution >= 4 is 29.0 Å². The quantitative estimate of drug-likeness (QED) is 0.839. The van der Waals surface area contributed by atoms with E-state index in [0.717, 1.165) is 16.5 Å².